The smallest absolute Gasteiger partial charge is 0.344 e. The highest BCUT2D eigenvalue weighted by atomic mass is 19.1. The number of ether oxygens (including phenoxy) is 2. The molecule has 1 aromatic carbocycles. The fraction of sp³-hybridized carbons (Fsp3) is 0.417. The molecule has 5 heteroatoms. The van der Waals surface area contributed by atoms with Crippen LogP contribution in [0, 0.1) is 5.82 Å². The summed E-state index contributed by atoms with van der Waals surface area (Å²) in [5.74, 6) is -0.314. The van der Waals surface area contributed by atoms with Crippen LogP contribution in [0.4, 0.5) is 4.39 Å². The molecule has 1 N–H and O–H groups in total. The molecule has 0 aromatic heterocycles. The van der Waals surface area contributed by atoms with Crippen LogP contribution >= 0.6 is 0 Å². The van der Waals surface area contributed by atoms with E-state index >= 15 is 0 Å². The number of nitrogens with one attached hydrogen (secondary N) is 1. The summed E-state index contributed by atoms with van der Waals surface area (Å²) in [7, 11) is 3.95. The summed E-state index contributed by atoms with van der Waals surface area (Å²) in [6.45, 7) is 0.963. The molecule has 0 saturated carbocycles. The Labute approximate surface area is 99.9 Å². The molecule has 0 amide bonds. The monoisotopic (exact) mass is 242 g/mol. The van der Waals surface area contributed by atoms with Crippen molar-refractivity contribution in [1.82, 2.24) is 0 Å². The first kappa shape index (κ1) is 13.4. The van der Waals surface area contributed by atoms with E-state index in [9.17, 15) is 9.18 Å². The van der Waals surface area contributed by atoms with Crippen molar-refractivity contribution in [3.05, 3.63) is 30.1 Å². The summed E-state index contributed by atoms with van der Waals surface area (Å²) < 4.78 is 22.6. The van der Waals surface area contributed by atoms with Gasteiger partial charge in [0.25, 0.3) is 0 Å². The highest BCUT2D eigenvalue weighted by molar-refractivity contribution is 5.71. The third kappa shape index (κ3) is 5.87. The quantitative estimate of drug-likeness (QED) is 0.708. The third-order valence-electron chi connectivity index (χ3n) is 2.04. The number of rotatable bonds is 6. The van der Waals surface area contributed by atoms with Crippen LogP contribution in [0.5, 0.6) is 5.75 Å². The number of esters is 1. The van der Waals surface area contributed by atoms with Gasteiger partial charge >= 0.3 is 5.97 Å². The van der Waals surface area contributed by atoms with Crippen LogP contribution < -0.4 is 9.64 Å². The SMILES string of the molecule is C[NH+](C)CCOC(=O)COc1ccc(F)cc1. The first-order valence-electron chi connectivity index (χ1n) is 5.41. The van der Waals surface area contributed by atoms with Gasteiger partial charge in [-0.3, -0.25) is 0 Å². The highest BCUT2D eigenvalue weighted by Gasteiger charge is 2.05. The summed E-state index contributed by atoms with van der Waals surface area (Å²) in [6, 6.07) is 5.48. The predicted octanol–water partition coefficient (Wildman–Crippen LogP) is -0.108. The largest absolute Gasteiger partial charge is 0.482 e. The van der Waals surface area contributed by atoms with Crippen LogP contribution in [-0.4, -0.2) is 39.8 Å². The molecule has 0 radical (unpaired) electrons. The van der Waals surface area contributed by atoms with Gasteiger partial charge in [-0.1, -0.05) is 0 Å². The van der Waals surface area contributed by atoms with E-state index in [0.29, 0.717) is 12.4 Å². The Hall–Kier alpha value is -1.62. The number of likely N-dealkylation sites (N-methyl/N-ethyl adjacent to an activating group) is 1. The average Bonchev–Trinajstić information content (AvgIpc) is 2.28. The van der Waals surface area contributed by atoms with Crippen molar-refractivity contribution in [3.8, 4) is 5.75 Å². The Morgan fingerprint density at radius 2 is 1.94 bits per heavy atom. The van der Waals surface area contributed by atoms with E-state index in [1.54, 1.807) is 0 Å². The molecule has 1 rings (SSSR count). The lowest BCUT2D eigenvalue weighted by atomic mass is 10.3. The van der Waals surface area contributed by atoms with Crippen LogP contribution in [0.25, 0.3) is 0 Å². The van der Waals surface area contributed by atoms with E-state index in [0.717, 1.165) is 6.54 Å². The Morgan fingerprint density at radius 1 is 1.29 bits per heavy atom. The van der Waals surface area contributed by atoms with Gasteiger partial charge in [-0.25, -0.2) is 9.18 Å². The maximum Gasteiger partial charge on any atom is 0.344 e. The van der Waals surface area contributed by atoms with Crippen molar-refractivity contribution < 1.29 is 23.6 Å². The maximum absolute atomic E-state index is 12.6. The summed E-state index contributed by atoms with van der Waals surface area (Å²) in [4.78, 5) is 12.4. The Kier molecular flexibility index (Phi) is 5.42. The first-order chi connectivity index (χ1) is 8.08. The molecule has 0 bridgehead atoms. The predicted molar refractivity (Wildman–Crippen MR) is 60.5 cm³/mol. The molecule has 0 aliphatic carbocycles. The number of halogens is 1. The van der Waals surface area contributed by atoms with Crippen LogP contribution in [-0.2, 0) is 9.53 Å². The molecular formula is C12H17FNO3+. The summed E-state index contributed by atoms with van der Waals surface area (Å²) in [5.41, 5.74) is 0. The number of carbonyl (C=O) groups is 1. The molecule has 0 aliphatic rings. The molecule has 17 heavy (non-hydrogen) atoms. The van der Waals surface area contributed by atoms with Crippen LogP contribution in [0.2, 0.25) is 0 Å². The number of hydrogen-bond donors (Lipinski definition) is 1. The zero-order valence-electron chi connectivity index (χ0n) is 10.0. The number of benzene rings is 1. The lowest BCUT2D eigenvalue weighted by Crippen LogP contribution is -3.06. The molecule has 4 nitrogen and oxygen atoms in total. The molecule has 94 valence electrons. The van der Waals surface area contributed by atoms with Crippen LogP contribution in [0.3, 0.4) is 0 Å². The minimum absolute atomic E-state index is 0.158. The Bertz CT molecular complexity index is 351. The molecule has 1 aromatic rings. The van der Waals surface area contributed by atoms with Gasteiger partial charge in [0.15, 0.2) is 6.61 Å². The molecule has 0 atom stereocenters. The lowest BCUT2D eigenvalue weighted by molar-refractivity contribution is -0.858. The maximum atomic E-state index is 12.6. The molecule has 0 unspecified atom stereocenters. The van der Waals surface area contributed by atoms with Gasteiger partial charge in [-0.15, -0.1) is 0 Å². The van der Waals surface area contributed by atoms with Crippen LogP contribution in [0.15, 0.2) is 24.3 Å². The molecule has 0 saturated heterocycles. The van der Waals surface area contributed by atoms with E-state index < -0.39 is 5.97 Å². The number of quaternary nitrogens is 1. The van der Waals surface area contributed by atoms with Gasteiger partial charge in [0.05, 0.1) is 14.1 Å². The molecule has 0 heterocycles. The van der Waals surface area contributed by atoms with Crippen molar-refractivity contribution in [3.63, 3.8) is 0 Å². The van der Waals surface area contributed by atoms with Gasteiger partial charge in [0.2, 0.25) is 0 Å². The van der Waals surface area contributed by atoms with E-state index in [1.165, 1.54) is 29.2 Å². The zero-order valence-corrected chi connectivity index (χ0v) is 10.0. The average molecular weight is 242 g/mol. The molecule has 0 fully saturated rings. The lowest BCUT2D eigenvalue weighted by Gasteiger charge is -2.08. The number of carbonyl (C=O) groups excluding carboxylic acids is 1. The van der Waals surface area contributed by atoms with Crippen LogP contribution in [0.1, 0.15) is 0 Å². The summed E-state index contributed by atoms with van der Waals surface area (Å²) >= 11 is 0. The fourth-order valence-electron chi connectivity index (χ4n) is 1.08. The Balaban J connectivity index is 2.21. The molecule has 0 spiro atoms. The minimum atomic E-state index is -0.421. The standard InChI is InChI=1S/C12H16FNO3/c1-14(2)7-8-16-12(15)9-17-11-5-3-10(13)4-6-11/h3-6H,7-9H2,1-2H3/p+1. The van der Waals surface area contributed by atoms with Crippen molar-refractivity contribution in [2.24, 2.45) is 0 Å². The van der Waals surface area contributed by atoms with Gasteiger partial charge in [0, 0.05) is 0 Å². The summed E-state index contributed by atoms with van der Waals surface area (Å²) in [5, 5.41) is 0. The third-order valence-corrected chi connectivity index (χ3v) is 2.04. The van der Waals surface area contributed by atoms with E-state index in [-0.39, 0.29) is 12.4 Å². The summed E-state index contributed by atoms with van der Waals surface area (Å²) in [6.07, 6.45) is 0. The second-order valence-corrected chi connectivity index (χ2v) is 3.92. The topological polar surface area (TPSA) is 40.0 Å². The molecular weight excluding hydrogens is 225 g/mol. The Morgan fingerprint density at radius 3 is 2.53 bits per heavy atom. The van der Waals surface area contributed by atoms with Crippen molar-refractivity contribution in [1.29, 1.82) is 0 Å². The fourth-order valence-corrected chi connectivity index (χ4v) is 1.08. The van der Waals surface area contributed by atoms with E-state index in [4.69, 9.17) is 9.47 Å². The highest BCUT2D eigenvalue weighted by Crippen LogP contribution is 2.10. The normalized spacial score (nSPS) is 10.4. The number of hydrogen-bond acceptors (Lipinski definition) is 3. The minimum Gasteiger partial charge on any atom is -0.482 e. The van der Waals surface area contributed by atoms with Gasteiger partial charge in [-0.05, 0) is 24.3 Å². The van der Waals surface area contributed by atoms with E-state index in [1.807, 2.05) is 14.1 Å². The van der Waals surface area contributed by atoms with Crippen molar-refractivity contribution >= 4 is 5.97 Å². The van der Waals surface area contributed by atoms with Crippen molar-refractivity contribution in [2.45, 2.75) is 0 Å². The van der Waals surface area contributed by atoms with Gasteiger partial charge < -0.3 is 14.4 Å². The zero-order chi connectivity index (χ0) is 12.7. The van der Waals surface area contributed by atoms with E-state index in [2.05, 4.69) is 0 Å². The van der Waals surface area contributed by atoms with Gasteiger partial charge in [0.1, 0.15) is 24.7 Å². The van der Waals surface area contributed by atoms with Crippen molar-refractivity contribution in [2.75, 3.05) is 33.9 Å². The second-order valence-electron chi connectivity index (χ2n) is 3.92. The second kappa shape index (κ2) is 6.85. The first-order valence-corrected chi connectivity index (χ1v) is 5.41. The van der Waals surface area contributed by atoms with Gasteiger partial charge in [-0.2, -0.15) is 0 Å². The molecule has 0 aliphatic heterocycles.